The van der Waals surface area contributed by atoms with Crippen molar-refractivity contribution in [1.29, 1.82) is 0 Å². The molecular weight excluding hydrogens is 304 g/mol. The second-order valence-corrected chi connectivity index (χ2v) is 6.25. The van der Waals surface area contributed by atoms with Crippen molar-refractivity contribution in [2.75, 3.05) is 18.1 Å². The molecule has 1 aliphatic rings. The summed E-state index contributed by atoms with van der Waals surface area (Å²) in [6, 6.07) is 7.70. The van der Waals surface area contributed by atoms with E-state index in [0.717, 1.165) is 24.3 Å². The molecule has 0 saturated heterocycles. The number of hydrogen-bond acceptors (Lipinski definition) is 3. The van der Waals surface area contributed by atoms with Crippen LogP contribution in [-0.4, -0.2) is 31.0 Å². The molecule has 2 amide bonds. The molecule has 0 radical (unpaired) electrons. The Bertz CT molecular complexity index is 536. The van der Waals surface area contributed by atoms with Crippen molar-refractivity contribution in [3.63, 3.8) is 0 Å². The molecule has 5 nitrogen and oxygen atoms in total. The molecule has 0 bridgehead atoms. The number of carbonyl (C=O) groups excluding carboxylic acids is 2. The molecule has 1 aromatic carbocycles. The first-order chi connectivity index (χ1) is 11.6. The second kappa shape index (κ2) is 9.30. The van der Waals surface area contributed by atoms with Crippen molar-refractivity contribution in [2.45, 2.75) is 58.4 Å². The van der Waals surface area contributed by atoms with Gasteiger partial charge in [0.05, 0.1) is 6.61 Å². The summed E-state index contributed by atoms with van der Waals surface area (Å²) in [5.74, 6) is 0.739. The van der Waals surface area contributed by atoms with Gasteiger partial charge in [0.25, 0.3) is 0 Å². The highest BCUT2D eigenvalue weighted by Crippen LogP contribution is 2.20. The van der Waals surface area contributed by atoms with E-state index in [4.69, 9.17) is 4.74 Å². The van der Waals surface area contributed by atoms with Crippen LogP contribution in [-0.2, 0) is 9.59 Å². The maximum absolute atomic E-state index is 12.1. The molecule has 1 fully saturated rings. The van der Waals surface area contributed by atoms with Crippen molar-refractivity contribution in [1.82, 2.24) is 5.32 Å². The Hall–Kier alpha value is -2.04. The molecule has 24 heavy (non-hydrogen) atoms. The highest BCUT2D eigenvalue weighted by molar-refractivity contribution is 5.92. The van der Waals surface area contributed by atoms with Crippen LogP contribution in [0, 0.1) is 0 Å². The van der Waals surface area contributed by atoms with Crippen molar-refractivity contribution < 1.29 is 14.3 Å². The lowest BCUT2D eigenvalue weighted by Gasteiger charge is -2.24. The van der Waals surface area contributed by atoms with Crippen LogP contribution >= 0.6 is 0 Å². The van der Waals surface area contributed by atoms with Crippen LogP contribution < -0.4 is 15.0 Å². The fourth-order valence-corrected chi connectivity index (χ4v) is 3.12. The molecule has 1 N–H and O–H groups in total. The smallest absolute Gasteiger partial charge is 0.223 e. The third-order valence-corrected chi connectivity index (χ3v) is 4.37. The van der Waals surface area contributed by atoms with Gasteiger partial charge < -0.3 is 15.0 Å². The van der Waals surface area contributed by atoms with Gasteiger partial charge in [-0.3, -0.25) is 9.59 Å². The maximum Gasteiger partial charge on any atom is 0.223 e. The Labute approximate surface area is 144 Å². The van der Waals surface area contributed by atoms with Crippen molar-refractivity contribution >= 4 is 17.5 Å². The van der Waals surface area contributed by atoms with Crippen LogP contribution in [0.2, 0.25) is 0 Å². The molecule has 5 heteroatoms. The number of nitrogens with zero attached hydrogens (tertiary/aromatic N) is 1. The molecular formula is C19H28N2O3. The average Bonchev–Trinajstić information content (AvgIpc) is 2.57. The molecule has 0 atom stereocenters. The van der Waals surface area contributed by atoms with E-state index >= 15 is 0 Å². The first-order valence-corrected chi connectivity index (χ1v) is 8.90. The number of hydrogen-bond donors (Lipinski definition) is 1. The highest BCUT2D eigenvalue weighted by Gasteiger charge is 2.17. The molecule has 2 rings (SSSR count). The lowest BCUT2D eigenvalue weighted by atomic mass is 9.95. The van der Waals surface area contributed by atoms with Gasteiger partial charge >= 0.3 is 0 Å². The van der Waals surface area contributed by atoms with Crippen LogP contribution in [0.4, 0.5) is 5.69 Å². The van der Waals surface area contributed by atoms with E-state index in [9.17, 15) is 9.59 Å². The van der Waals surface area contributed by atoms with Gasteiger partial charge in [-0.25, -0.2) is 0 Å². The third kappa shape index (κ3) is 5.55. The first kappa shape index (κ1) is 18.3. The molecule has 0 aliphatic heterocycles. The molecule has 1 aliphatic carbocycles. The molecule has 132 valence electrons. The number of rotatable bonds is 7. The third-order valence-electron chi connectivity index (χ3n) is 4.37. The van der Waals surface area contributed by atoms with Gasteiger partial charge in [-0.05, 0) is 44.0 Å². The first-order valence-electron chi connectivity index (χ1n) is 8.90. The average molecular weight is 332 g/mol. The van der Waals surface area contributed by atoms with Crippen molar-refractivity contribution in [2.24, 2.45) is 0 Å². The number of carbonyl (C=O) groups is 2. The Morgan fingerprint density at radius 1 is 1.17 bits per heavy atom. The Kier molecular flexibility index (Phi) is 7.09. The number of ether oxygens (including phenoxy) is 1. The molecule has 0 aromatic heterocycles. The lowest BCUT2D eigenvalue weighted by molar-refractivity contribution is -0.121. The zero-order valence-electron chi connectivity index (χ0n) is 14.7. The predicted molar refractivity (Wildman–Crippen MR) is 95.3 cm³/mol. The van der Waals surface area contributed by atoms with Crippen LogP contribution in [0.5, 0.6) is 5.75 Å². The van der Waals surface area contributed by atoms with E-state index in [1.165, 1.54) is 26.2 Å². The predicted octanol–water partition coefficient (Wildman–Crippen LogP) is 3.28. The fourth-order valence-electron chi connectivity index (χ4n) is 3.12. The van der Waals surface area contributed by atoms with Crippen LogP contribution in [0.15, 0.2) is 24.3 Å². The van der Waals surface area contributed by atoms with E-state index < -0.39 is 0 Å². The summed E-state index contributed by atoms with van der Waals surface area (Å²) in [4.78, 5) is 25.7. The summed E-state index contributed by atoms with van der Waals surface area (Å²) in [6.07, 6.45) is 6.11. The molecule has 1 saturated carbocycles. The van der Waals surface area contributed by atoms with Gasteiger partial charge in [0.15, 0.2) is 0 Å². The van der Waals surface area contributed by atoms with Crippen molar-refractivity contribution in [3.05, 3.63) is 24.3 Å². The van der Waals surface area contributed by atoms with Gasteiger partial charge in [-0.15, -0.1) is 0 Å². The van der Waals surface area contributed by atoms with Gasteiger partial charge in [-0.1, -0.05) is 19.3 Å². The van der Waals surface area contributed by atoms with Crippen LogP contribution in [0.1, 0.15) is 52.4 Å². The number of anilines is 1. The minimum absolute atomic E-state index is 0.0269. The zero-order chi connectivity index (χ0) is 17.4. The summed E-state index contributed by atoms with van der Waals surface area (Å²) in [7, 11) is 0. The summed E-state index contributed by atoms with van der Waals surface area (Å²) in [5.41, 5.74) is 0.788. The number of benzene rings is 1. The monoisotopic (exact) mass is 332 g/mol. The van der Waals surface area contributed by atoms with E-state index in [2.05, 4.69) is 5.32 Å². The number of nitrogens with one attached hydrogen (secondary N) is 1. The Balaban J connectivity index is 1.88. The summed E-state index contributed by atoms with van der Waals surface area (Å²) in [5, 5.41) is 3.09. The van der Waals surface area contributed by atoms with Crippen LogP contribution in [0.25, 0.3) is 0 Å². The molecule has 0 spiro atoms. The zero-order valence-corrected chi connectivity index (χ0v) is 14.7. The van der Waals surface area contributed by atoms with Gasteiger partial charge in [0.2, 0.25) is 11.8 Å². The lowest BCUT2D eigenvalue weighted by Crippen LogP contribution is -2.39. The largest absolute Gasteiger partial charge is 0.494 e. The second-order valence-electron chi connectivity index (χ2n) is 6.25. The highest BCUT2D eigenvalue weighted by atomic mass is 16.5. The molecule has 0 heterocycles. The standard InChI is InChI=1S/C19H28N2O3/c1-3-24-18-11-9-17(10-12-18)21(15(2)22)14-13-19(23)20-16-7-5-4-6-8-16/h9-12,16H,3-8,13-14H2,1-2H3,(H,20,23). The maximum atomic E-state index is 12.1. The van der Waals surface area contributed by atoms with E-state index in [-0.39, 0.29) is 11.8 Å². The quantitative estimate of drug-likeness (QED) is 0.833. The molecule has 0 unspecified atom stereocenters. The van der Waals surface area contributed by atoms with E-state index in [1.807, 2.05) is 31.2 Å². The van der Waals surface area contributed by atoms with Crippen LogP contribution in [0.3, 0.4) is 0 Å². The minimum atomic E-state index is -0.0652. The van der Waals surface area contributed by atoms with Gasteiger partial charge in [0, 0.05) is 31.6 Å². The normalized spacial score (nSPS) is 14.9. The summed E-state index contributed by atoms with van der Waals surface area (Å²) < 4.78 is 5.42. The fraction of sp³-hybridized carbons (Fsp3) is 0.579. The Morgan fingerprint density at radius 2 is 1.83 bits per heavy atom. The van der Waals surface area contributed by atoms with E-state index in [1.54, 1.807) is 4.90 Å². The number of amides is 2. The summed E-state index contributed by atoms with van der Waals surface area (Å²) >= 11 is 0. The Morgan fingerprint density at radius 3 is 2.42 bits per heavy atom. The molecule has 1 aromatic rings. The minimum Gasteiger partial charge on any atom is -0.494 e. The van der Waals surface area contributed by atoms with Gasteiger partial charge in [0.1, 0.15) is 5.75 Å². The topological polar surface area (TPSA) is 58.6 Å². The van der Waals surface area contributed by atoms with E-state index in [0.29, 0.717) is 25.6 Å². The SMILES string of the molecule is CCOc1ccc(N(CCC(=O)NC2CCCCC2)C(C)=O)cc1. The van der Waals surface area contributed by atoms with Gasteiger partial charge in [-0.2, -0.15) is 0 Å². The summed E-state index contributed by atoms with van der Waals surface area (Å²) in [6.45, 7) is 4.45. The van der Waals surface area contributed by atoms with Crippen molar-refractivity contribution in [3.8, 4) is 5.75 Å².